The summed E-state index contributed by atoms with van der Waals surface area (Å²) in [5.74, 6) is -5.13. The lowest BCUT2D eigenvalue weighted by atomic mass is 9.77. The SMILES string of the molecule is Cc1ccc(Cl)cc1N1C(=O)[C@@H]2[C@@H](c3ccc(Cl)cc3Cl)OC3(C(=O)c4ccccc4C3=O)[C@@H]2C1=O. The average Bonchev–Trinajstić information content (AvgIpc) is 3.41. The second kappa shape index (κ2) is 7.98. The maximum Gasteiger partial charge on any atom is 0.241 e. The molecule has 2 saturated heterocycles. The largest absolute Gasteiger partial charge is 0.349 e. The van der Waals surface area contributed by atoms with Gasteiger partial charge in [0.25, 0.3) is 0 Å². The maximum atomic E-state index is 14.0. The summed E-state index contributed by atoms with van der Waals surface area (Å²) in [4.78, 5) is 56.6. The topological polar surface area (TPSA) is 80.8 Å². The van der Waals surface area contributed by atoms with Gasteiger partial charge in [0.1, 0.15) is 0 Å². The summed E-state index contributed by atoms with van der Waals surface area (Å²) in [5, 5.41) is 0.881. The molecule has 6 nitrogen and oxygen atoms in total. The lowest BCUT2D eigenvalue weighted by molar-refractivity contribution is -0.127. The lowest BCUT2D eigenvalue weighted by Crippen LogP contribution is -2.51. The van der Waals surface area contributed by atoms with Crippen molar-refractivity contribution in [2.75, 3.05) is 4.90 Å². The van der Waals surface area contributed by atoms with E-state index in [0.29, 0.717) is 26.9 Å². The number of benzene rings is 3. The molecule has 3 aromatic rings. The van der Waals surface area contributed by atoms with Crippen LogP contribution in [0.5, 0.6) is 0 Å². The Morgan fingerprint density at radius 2 is 1.42 bits per heavy atom. The first-order valence-corrected chi connectivity index (χ1v) is 12.3. The van der Waals surface area contributed by atoms with E-state index in [9.17, 15) is 19.2 Å². The Hall–Kier alpha value is -3.03. The molecular weight excluding hydrogens is 525 g/mol. The van der Waals surface area contributed by atoms with Crippen LogP contribution in [0.3, 0.4) is 0 Å². The minimum atomic E-state index is -2.18. The molecule has 0 saturated carbocycles. The molecule has 2 amide bonds. The molecule has 1 aliphatic carbocycles. The van der Waals surface area contributed by atoms with Crippen LogP contribution in [0.4, 0.5) is 5.69 Å². The smallest absolute Gasteiger partial charge is 0.241 e. The van der Waals surface area contributed by atoms with E-state index >= 15 is 0 Å². The van der Waals surface area contributed by atoms with Gasteiger partial charge in [-0.3, -0.25) is 19.2 Å². The molecule has 1 spiro atoms. The Kier molecular flexibility index (Phi) is 5.18. The third-order valence-corrected chi connectivity index (χ3v) is 8.00. The normalized spacial score (nSPS) is 24.1. The molecule has 9 heteroatoms. The van der Waals surface area contributed by atoms with Gasteiger partial charge < -0.3 is 4.74 Å². The Balaban J connectivity index is 1.58. The molecule has 2 aliphatic heterocycles. The van der Waals surface area contributed by atoms with Crippen LogP contribution in [0, 0.1) is 18.8 Å². The number of Topliss-reactive ketones (excluding diaryl/α,β-unsaturated/α-hetero) is 2. The zero-order valence-electron chi connectivity index (χ0n) is 18.6. The number of carbonyl (C=O) groups excluding carboxylic acids is 4. The van der Waals surface area contributed by atoms with Crippen molar-refractivity contribution in [3.8, 4) is 0 Å². The van der Waals surface area contributed by atoms with E-state index in [1.54, 1.807) is 43.3 Å². The summed E-state index contributed by atoms with van der Waals surface area (Å²) in [5.41, 5.74) is -0.600. The van der Waals surface area contributed by atoms with E-state index in [2.05, 4.69) is 0 Å². The summed E-state index contributed by atoms with van der Waals surface area (Å²) >= 11 is 18.7. The van der Waals surface area contributed by atoms with Crippen LogP contribution in [0.1, 0.15) is 37.9 Å². The summed E-state index contributed by atoms with van der Waals surface area (Å²) in [7, 11) is 0. The van der Waals surface area contributed by atoms with E-state index in [4.69, 9.17) is 39.5 Å². The number of nitrogens with zero attached hydrogens (tertiary/aromatic N) is 1. The zero-order valence-corrected chi connectivity index (χ0v) is 20.9. The fourth-order valence-electron chi connectivity index (χ4n) is 5.59. The maximum absolute atomic E-state index is 14.0. The van der Waals surface area contributed by atoms with E-state index < -0.39 is 46.9 Å². The van der Waals surface area contributed by atoms with Gasteiger partial charge in [-0.2, -0.15) is 0 Å². The van der Waals surface area contributed by atoms with Gasteiger partial charge in [-0.1, -0.05) is 71.2 Å². The highest BCUT2D eigenvalue weighted by molar-refractivity contribution is 6.38. The molecule has 3 aromatic carbocycles. The first-order valence-electron chi connectivity index (χ1n) is 11.1. The highest BCUT2D eigenvalue weighted by atomic mass is 35.5. The first-order chi connectivity index (χ1) is 17.2. The van der Waals surface area contributed by atoms with Crippen LogP contribution in [-0.4, -0.2) is 29.0 Å². The molecule has 2 heterocycles. The highest BCUT2D eigenvalue weighted by Gasteiger charge is 2.75. The number of ketones is 2. The second-order valence-corrected chi connectivity index (χ2v) is 10.4. The lowest BCUT2D eigenvalue weighted by Gasteiger charge is -2.28. The number of hydrogen-bond donors (Lipinski definition) is 0. The molecule has 0 aromatic heterocycles. The quantitative estimate of drug-likeness (QED) is 0.310. The minimum Gasteiger partial charge on any atom is -0.349 e. The van der Waals surface area contributed by atoms with Crippen LogP contribution in [0.15, 0.2) is 60.7 Å². The fraction of sp³-hybridized carbons (Fsp3) is 0.185. The molecule has 6 rings (SSSR count). The van der Waals surface area contributed by atoms with Gasteiger partial charge in [0.15, 0.2) is 0 Å². The number of anilines is 1. The van der Waals surface area contributed by atoms with Crippen LogP contribution in [-0.2, 0) is 14.3 Å². The van der Waals surface area contributed by atoms with Crippen molar-refractivity contribution in [2.45, 2.75) is 18.6 Å². The number of ether oxygens (including phenoxy) is 1. The molecule has 3 atom stereocenters. The highest BCUT2D eigenvalue weighted by Crippen LogP contribution is 2.58. The predicted octanol–water partition coefficient (Wildman–Crippen LogP) is 5.65. The third kappa shape index (κ3) is 2.96. The second-order valence-electron chi connectivity index (χ2n) is 9.09. The van der Waals surface area contributed by atoms with E-state index in [-0.39, 0.29) is 16.1 Å². The van der Waals surface area contributed by atoms with Crippen molar-refractivity contribution >= 4 is 63.9 Å². The number of halogens is 3. The standard InChI is InChI=1S/C27H16Cl3NO5/c1-12-6-7-14(29)11-19(12)31-25(34)20-21(26(31)35)27(23(32)15-4-2-3-5-16(15)24(27)33)36-22(20)17-9-8-13(28)10-18(17)30/h2-11,20-22H,1H3/t20-,21-,22+/m0/s1. The van der Waals surface area contributed by atoms with E-state index in [0.717, 1.165) is 4.90 Å². The summed E-state index contributed by atoms with van der Waals surface area (Å²) in [6, 6.07) is 15.8. The van der Waals surface area contributed by atoms with Crippen LogP contribution in [0.25, 0.3) is 0 Å². The van der Waals surface area contributed by atoms with Crippen LogP contribution in [0.2, 0.25) is 15.1 Å². The molecular formula is C27H16Cl3NO5. The first kappa shape index (κ1) is 23.4. The van der Waals surface area contributed by atoms with Gasteiger partial charge in [0.05, 0.1) is 23.6 Å². The summed E-state index contributed by atoms with van der Waals surface area (Å²) in [6.07, 6.45) is -1.14. The molecule has 2 fully saturated rings. The molecule has 3 aliphatic rings. The number of amides is 2. The van der Waals surface area contributed by atoms with Crippen LogP contribution < -0.4 is 4.90 Å². The predicted molar refractivity (Wildman–Crippen MR) is 134 cm³/mol. The number of carbonyl (C=O) groups is 4. The van der Waals surface area contributed by atoms with Crippen molar-refractivity contribution in [3.63, 3.8) is 0 Å². The average molecular weight is 541 g/mol. The van der Waals surface area contributed by atoms with Gasteiger partial charge in [0.2, 0.25) is 29.0 Å². The van der Waals surface area contributed by atoms with E-state index in [1.165, 1.54) is 24.3 Å². The van der Waals surface area contributed by atoms with Crippen molar-refractivity contribution < 1.29 is 23.9 Å². The van der Waals surface area contributed by atoms with E-state index in [1.807, 2.05) is 0 Å². The van der Waals surface area contributed by atoms with Gasteiger partial charge in [-0.15, -0.1) is 0 Å². The molecule has 180 valence electrons. The number of imide groups is 1. The van der Waals surface area contributed by atoms with Crippen LogP contribution >= 0.6 is 34.8 Å². The minimum absolute atomic E-state index is 0.154. The fourth-order valence-corrected chi connectivity index (χ4v) is 6.28. The molecule has 0 unspecified atom stereocenters. The zero-order chi connectivity index (χ0) is 25.5. The van der Waals surface area contributed by atoms with Gasteiger partial charge >= 0.3 is 0 Å². The van der Waals surface area contributed by atoms with Crippen molar-refractivity contribution in [1.29, 1.82) is 0 Å². The Morgan fingerprint density at radius 1 is 0.806 bits per heavy atom. The number of aryl methyl sites for hydroxylation is 1. The Morgan fingerprint density at radius 3 is 2.06 bits per heavy atom. The Bertz CT molecular complexity index is 1500. The van der Waals surface area contributed by atoms with Crippen molar-refractivity contribution in [3.05, 3.63) is 98.0 Å². The van der Waals surface area contributed by atoms with Crippen molar-refractivity contribution in [1.82, 2.24) is 0 Å². The van der Waals surface area contributed by atoms with Gasteiger partial charge in [0, 0.05) is 31.8 Å². The molecule has 0 radical (unpaired) electrons. The molecule has 36 heavy (non-hydrogen) atoms. The number of rotatable bonds is 2. The molecule has 0 bridgehead atoms. The van der Waals surface area contributed by atoms with Gasteiger partial charge in [-0.25, -0.2) is 4.90 Å². The molecule has 0 N–H and O–H groups in total. The third-order valence-electron chi connectivity index (χ3n) is 7.20. The Labute approximate surface area is 220 Å². The monoisotopic (exact) mass is 539 g/mol. The van der Waals surface area contributed by atoms with Crippen molar-refractivity contribution in [2.24, 2.45) is 11.8 Å². The number of fused-ring (bicyclic) bond motifs is 3. The number of hydrogen-bond acceptors (Lipinski definition) is 5. The summed E-state index contributed by atoms with van der Waals surface area (Å²) in [6.45, 7) is 1.74. The summed E-state index contributed by atoms with van der Waals surface area (Å²) < 4.78 is 6.25. The van der Waals surface area contributed by atoms with Gasteiger partial charge in [-0.05, 0) is 36.8 Å².